The Labute approximate surface area is 162 Å². The molecule has 1 aromatic carbocycles. The fourth-order valence-corrected chi connectivity index (χ4v) is 4.01. The van der Waals surface area contributed by atoms with Crippen LogP contribution in [0, 0.1) is 6.92 Å². The van der Waals surface area contributed by atoms with Gasteiger partial charge in [-0.25, -0.2) is 4.98 Å². The molecule has 2 N–H and O–H groups in total. The summed E-state index contributed by atoms with van der Waals surface area (Å²) in [6.45, 7) is 3.94. The Kier molecular flexibility index (Phi) is 8.43. The fraction of sp³-hybridized carbons (Fsp3) is 0.471. The average molecular weight is 419 g/mol. The van der Waals surface area contributed by atoms with Crippen molar-refractivity contribution in [3.05, 3.63) is 34.9 Å². The van der Waals surface area contributed by atoms with Gasteiger partial charge in [0.15, 0.2) is 0 Å². The van der Waals surface area contributed by atoms with Gasteiger partial charge in [0.2, 0.25) is 5.88 Å². The van der Waals surface area contributed by atoms with Crippen LogP contribution in [0.4, 0.5) is 0 Å². The van der Waals surface area contributed by atoms with Gasteiger partial charge in [-0.1, -0.05) is 23.7 Å². The second-order valence-electron chi connectivity index (χ2n) is 5.82. The number of unbranched alkanes of at least 4 members (excludes halogenated alkanes) is 2. The fourth-order valence-electron chi connectivity index (χ4n) is 2.48. The monoisotopic (exact) mass is 418 g/mol. The van der Waals surface area contributed by atoms with Crippen LogP contribution >= 0.6 is 22.4 Å². The molecule has 0 fully saturated rings. The maximum absolute atomic E-state index is 10.5. The average Bonchev–Trinajstić information content (AvgIpc) is 2.56. The normalized spacial score (nSPS) is 11.8. The smallest absolute Gasteiger partial charge is 0.319 e. The molecule has 0 unspecified atom stereocenters. The predicted octanol–water partition coefficient (Wildman–Crippen LogP) is 3.87. The molecule has 0 amide bonds. The molecule has 1 aromatic heterocycles. The van der Waals surface area contributed by atoms with Crippen molar-refractivity contribution in [1.82, 2.24) is 10.3 Å². The predicted molar refractivity (Wildman–Crippen MR) is 108 cm³/mol. The van der Waals surface area contributed by atoms with Crippen molar-refractivity contribution in [2.45, 2.75) is 26.2 Å². The lowest BCUT2D eigenvalue weighted by Gasteiger charge is -2.09. The third-order valence-corrected chi connectivity index (χ3v) is 6.10. The zero-order valence-electron chi connectivity index (χ0n) is 14.6. The van der Waals surface area contributed by atoms with Crippen LogP contribution in [0.5, 0.6) is 5.88 Å². The van der Waals surface area contributed by atoms with E-state index in [0.29, 0.717) is 40.6 Å². The largest absolute Gasteiger partial charge is 0.478 e. The summed E-state index contributed by atoms with van der Waals surface area (Å²) in [6, 6.07) is 7.65. The summed E-state index contributed by atoms with van der Waals surface area (Å²) in [5, 5.41) is 4.79. The molecule has 0 spiro atoms. The van der Waals surface area contributed by atoms with Crippen LogP contribution in [0.15, 0.2) is 24.3 Å². The van der Waals surface area contributed by atoms with Crippen molar-refractivity contribution < 1.29 is 17.7 Å². The molecule has 0 bridgehead atoms. The SMILES string of the molecule is Cc1cc(OCCCCCNCCSS(=O)(=O)O)nc2c(Cl)cccc12. The van der Waals surface area contributed by atoms with E-state index in [2.05, 4.69) is 10.3 Å². The van der Waals surface area contributed by atoms with Crippen LogP contribution in [0.3, 0.4) is 0 Å². The molecule has 0 saturated heterocycles. The molecular weight excluding hydrogens is 396 g/mol. The first kappa shape index (κ1) is 21.2. The third-order valence-electron chi connectivity index (χ3n) is 3.73. The number of nitrogens with zero attached hydrogens (tertiary/aromatic N) is 1. The first-order chi connectivity index (χ1) is 12.4. The molecule has 26 heavy (non-hydrogen) atoms. The first-order valence-corrected chi connectivity index (χ1v) is 11.7. The number of hydrogen-bond donors (Lipinski definition) is 2. The van der Waals surface area contributed by atoms with Crippen LogP contribution in [-0.4, -0.2) is 43.4 Å². The Morgan fingerprint density at radius 3 is 2.85 bits per heavy atom. The lowest BCUT2D eigenvalue weighted by atomic mass is 10.1. The summed E-state index contributed by atoms with van der Waals surface area (Å²) in [5.74, 6) is 0.917. The number of para-hydroxylation sites is 1. The van der Waals surface area contributed by atoms with E-state index in [1.54, 1.807) is 0 Å². The number of aryl methyl sites for hydroxylation is 1. The van der Waals surface area contributed by atoms with E-state index in [1.165, 1.54) is 0 Å². The van der Waals surface area contributed by atoms with E-state index in [9.17, 15) is 8.42 Å². The van der Waals surface area contributed by atoms with Crippen molar-refractivity contribution in [2.75, 3.05) is 25.4 Å². The topological polar surface area (TPSA) is 88.5 Å². The highest BCUT2D eigenvalue weighted by Gasteiger charge is 2.07. The van der Waals surface area contributed by atoms with E-state index in [0.717, 1.165) is 42.3 Å². The zero-order valence-corrected chi connectivity index (χ0v) is 17.0. The molecule has 0 radical (unpaired) electrons. The first-order valence-electron chi connectivity index (χ1n) is 8.38. The van der Waals surface area contributed by atoms with Crippen LogP contribution < -0.4 is 10.1 Å². The summed E-state index contributed by atoms with van der Waals surface area (Å²) >= 11 is 6.21. The van der Waals surface area contributed by atoms with Gasteiger partial charge in [-0.15, -0.1) is 0 Å². The molecule has 6 nitrogen and oxygen atoms in total. The summed E-state index contributed by atoms with van der Waals surface area (Å²) in [7, 11) is -3.39. The summed E-state index contributed by atoms with van der Waals surface area (Å²) in [5.41, 5.74) is 1.84. The minimum absolute atomic E-state index is 0.331. The number of aromatic nitrogens is 1. The highest BCUT2D eigenvalue weighted by Crippen LogP contribution is 2.27. The van der Waals surface area contributed by atoms with Gasteiger partial charge in [-0.2, -0.15) is 8.42 Å². The lowest BCUT2D eigenvalue weighted by molar-refractivity contribution is 0.294. The number of halogens is 1. The van der Waals surface area contributed by atoms with Crippen LogP contribution in [-0.2, 0) is 9.15 Å². The van der Waals surface area contributed by atoms with Gasteiger partial charge >= 0.3 is 9.15 Å². The van der Waals surface area contributed by atoms with Crippen LogP contribution in [0.2, 0.25) is 5.02 Å². The third kappa shape index (κ3) is 7.28. The van der Waals surface area contributed by atoms with Gasteiger partial charge in [0, 0.05) is 23.8 Å². The van der Waals surface area contributed by atoms with Crippen LogP contribution in [0.25, 0.3) is 10.9 Å². The van der Waals surface area contributed by atoms with Gasteiger partial charge in [-0.3, -0.25) is 4.55 Å². The molecular formula is C17H23ClN2O4S2. The molecule has 9 heteroatoms. The van der Waals surface area contributed by atoms with Gasteiger partial charge in [0.25, 0.3) is 0 Å². The molecule has 0 atom stereocenters. The molecule has 2 rings (SSSR count). The number of fused-ring (bicyclic) bond motifs is 1. The molecule has 0 aliphatic heterocycles. The van der Waals surface area contributed by atoms with Crippen molar-refractivity contribution in [2.24, 2.45) is 0 Å². The van der Waals surface area contributed by atoms with E-state index < -0.39 is 9.15 Å². The quantitative estimate of drug-likeness (QED) is 0.325. The van der Waals surface area contributed by atoms with Crippen molar-refractivity contribution in [3.63, 3.8) is 0 Å². The van der Waals surface area contributed by atoms with Gasteiger partial charge in [-0.05, 0) is 55.2 Å². The minimum atomic E-state index is -3.93. The van der Waals surface area contributed by atoms with E-state index in [1.807, 2.05) is 31.2 Å². The maximum Gasteiger partial charge on any atom is 0.319 e. The molecule has 2 aromatic rings. The lowest BCUT2D eigenvalue weighted by Crippen LogP contribution is -2.19. The number of pyridine rings is 1. The van der Waals surface area contributed by atoms with E-state index in [-0.39, 0.29) is 0 Å². The molecule has 0 saturated carbocycles. The highest BCUT2D eigenvalue weighted by atomic mass is 35.5. The van der Waals surface area contributed by atoms with Crippen molar-refractivity contribution in [1.29, 1.82) is 0 Å². The summed E-state index contributed by atoms with van der Waals surface area (Å²) in [6.07, 6.45) is 2.87. The van der Waals surface area contributed by atoms with Crippen LogP contribution in [0.1, 0.15) is 24.8 Å². The number of benzene rings is 1. The standard InChI is InChI=1S/C17H23ClN2O4S2/c1-13-12-16(20-17-14(13)6-5-7-15(17)18)24-10-4-2-3-8-19-9-11-25-26(21,22)23/h5-7,12,19H,2-4,8-11H2,1H3,(H,21,22,23). The van der Waals surface area contributed by atoms with Gasteiger partial charge in [0.1, 0.15) is 0 Å². The Morgan fingerprint density at radius 1 is 1.27 bits per heavy atom. The van der Waals surface area contributed by atoms with Crippen molar-refractivity contribution in [3.8, 4) is 5.88 Å². The second kappa shape index (κ2) is 10.3. The van der Waals surface area contributed by atoms with Crippen molar-refractivity contribution >= 4 is 42.4 Å². The molecule has 0 aliphatic carbocycles. The van der Waals surface area contributed by atoms with E-state index in [4.69, 9.17) is 20.9 Å². The van der Waals surface area contributed by atoms with Gasteiger partial charge in [0.05, 0.1) is 17.1 Å². The van der Waals surface area contributed by atoms with Gasteiger partial charge < -0.3 is 10.1 Å². The number of nitrogens with one attached hydrogen (secondary N) is 1. The number of ether oxygens (including phenoxy) is 1. The minimum Gasteiger partial charge on any atom is -0.478 e. The second-order valence-corrected chi connectivity index (χ2v) is 9.70. The number of rotatable bonds is 11. The Hall–Kier alpha value is -1.06. The summed E-state index contributed by atoms with van der Waals surface area (Å²) in [4.78, 5) is 4.48. The van der Waals surface area contributed by atoms with E-state index >= 15 is 0 Å². The zero-order chi connectivity index (χ0) is 19.0. The molecule has 1 heterocycles. The number of hydrogen-bond acceptors (Lipinski definition) is 6. The Morgan fingerprint density at radius 2 is 2.08 bits per heavy atom. The Bertz CT molecular complexity index is 831. The molecule has 0 aliphatic rings. The maximum atomic E-state index is 10.5. The molecule has 144 valence electrons. The highest BCUT2D eigenvalue weighted by molar-refractivity contribution is 8.69. The Balaban J connectivity index is 1.63. The summed E-state index contributed by atoms with van der Waals surface area (Å²) < 4.78 is 35.4.